The summed E-state index contributed by atoms with van der Waals surface area (Å²) in [6.45, 7) is -0.626. The lowest BCUT2D eigenvalue weighted by molar-refractivity contribution is -0.149. The number of hydrogen-bond acceptors (Lipinski definition) is 5. The van der Waals surface area contributed by atoms with Gasteiger partial charge in [-0.05, 0) is 16.7 Å². The number of amides is 3. The van der Waals surface area contributed by atoms with Crippen LogP contribution in [0.15, 0.2) is 91.0 Å². The summed E-state index contributed by atoms with van der Waals surface area (Å²) in [6.07, 6.45) is -0.703. The molecule has 0 unspecified atom stereocenters. The van der Waals surface area contributed by atoms with Gasteiger partial charge in [-0.25, -0.2) is 4.79 Å². The van der Waals surface area contributed by atoms with E-state index in [4.69, 9.17) is 4.74 Å². The molecule has 0 bridgehead atoms. The van der Waals surface area contributed by atoms with Crippen molar-refractivity contribution < 1.29 is 29.0 Å². The number of rotatable bonds is 9. The maximum atomic E-state index is 13.8. The maximum Gasteiger partial charge on any atom is 0.408 e. The first-order valence-corrected chi connectivity index (χ1v) is 12.3. The number of hydrogen-bond donors (Lipinski definition) is 2. The number of aliphatic carboxylic acids is 1. The van der Waals surface area contributed by atoms with E-state index in [1.807, 2.05) is 78.9 Å². The van der Waals surface area contributed by atoms with Gasteiger partial charge in [-0.1, -0.05) is 91.0 Å². The molecule has 0 saturated carbocycles. The molecule has 9 nitrogen and oxygen atoms in total. The number of alkyl carbamates (subject to hydrolysis) is 1. The summed E-state index contributed by atoms with van der Waals surface area (Å²) in [5.74, 6) is -2.31. The van der Waals surface area contributed by atoms with Crippen LogP contribution in [0.5, 0.6) is 0 Å². The van der Waals surface area contributed by atoms with Gasteiger partial charge in [0, 0.05) is 13.0 Å². The van der Waals surface area contributed by atoms with Crippen molar-refractivity contribution >= 4 is 23.9 Å². The summed E-state index contributed by atoms with van der Waals surface area (Å²) >= 11 is 0. The predicted molar refractivity (Wildman–Crippen MR) is 139 cm³/mol. The van der Waals surface area contributed by atoms with Crippen LogP contribution < -0.4 is 5.32 Å². The standard InChI is InChI=1S/C29H29N3O6/c33-26(34)19-32-25(16-21-10-4-1-5-11-21)28(36)31(17-22-12-6-2-7-13-22)18-24(27(32)35)30-29(37)38-20-23-14-8-3-9-15-23/h1-15,24-25H,16-20H2,(H,30,37)(H,33,34)/t24-,25-/m0/s1. The Kier molecular flexibility index (Phi) is 8.71. The molecule has 0 aromatic heterocycles. The van der Waals surface area contributed by atoms with Crippen molar-refractivity contribution in [3.63, 3.8) is 0 Å². The van der Waals surface area contributed by atoms with E-state index >= 15 is 0 Å². The van der Waals surface area contributed by atoms with E-state index in [9.17, 15) is 24.3 Å². The summed E-state index contributed by atoms with van der Waals surface area (Å²) in [4.78, 5) is 54.4. The fourth-order valence-corrected chi connectivity index (χ4v) is 4.42. The molecule has 1 heterocycles. The average molecular weight is 516 g/mol. The van der Waals surface area contributed by atoms with Gasteiger partial charge >= 0.3 is 12.1 Å². The lowest BCUT2D eigenvalue weighted by atomic mass is 10.0. The molecule has 1 aliphatic rings. The van der Waals surface area contributed by atoms with Gasteiger partial charge in [0.2, 0.25) is 11.8 Å². The maximum absolute atomic E-state index is 13.8. The summed E-state index contributed by atoms with van der Waals surface area (Å²) in [6, 6.07) is 25.2. The largest absolute Gasteiger partial charge is 0.480 e. The summed E-state index contributed by atoms with van der Waals surface area (Å²) in [7, 11) is 0. The second-order valence-electron chi connectivity index (χ2n) is 9.03. The Morgan fingerprint density at radius 1 is 0.816 bits per heavy atom. The van der Waals surface area contributed by atoms with Gasteiger partial charge in [0.1, 0.15) is 25.2 Å². The third-order valence-corrected chi connectivity index (χ3v) is 6.26. The topological polar surface area (TPSA) is 116 Å². The number of nitrogens with zero attached hydrogens (tertiary/aromatic N) is 2. The summed E-state index contributed by atoms with van der Waals surface area (Å²) in [5.41, 5.74) is 2.39. The molecule has 1 saturated heterocycles. The van der Waals surface area contributed by atoms with Gasteiger partial charge in [0.05, 0.1) is 6.54 Å². The Morgan fingerprint density at radius 2 is 1.37 bits per heavy atom. The molecule has 196 valence electrons. The first kappa shape index (κ1) is 26.4. The number of carbonyl (C=O) groups is 4. The zero-order valence-electron chi connectivity index (χ0n) is 20.7. The van der Waals surface area contributed by atoms with Crippen molar-refractivity contribution in [1.29, 1.82) is 0 Å². The molecule has 3 aromatic rings. The average Bonchev–Trinajstić information content (AvgIpc) is 3.01. The van der Waals surface area contributed by atoms with Crippen molar-refractivity contribution in [2.45, 2.75) is 31.7 Å². The number of nitrogens with one attached hydrogen (secondary N) is 1. The van der Waals surface area contributed by atoms with Gasteiger partial charge in [0.25, 0.3) is 0 Å². The van der Waals surface area contributed by atoms with Crippen LogP contribution >= 0.6 is 0 Å². The van der Waals surface area contributed by atoms with Crippen LogP contribution in [0, 0.1) is 0 Å². The van der Waals surface area contributed by atoms with Crippen molar-refractivity contribution in [2.75, 3.05) is 13.1 Å². The highest BCUT2D eigenvalue weighted by Crippen LogP contribution is 2.20. The first-order chi connectivity index (χ1) is 18.4. The fraction of sp³-hybridized carbons (Fsp3) is 0.241. The van der Waals surface area contributed by atoms with Crippen LogP contribution in [0.25, 0.3) is 0 Å². The van der Waals surface area contributed by atoms with Crippen molar-refractivity contribution in [3.05, 3.63) is 108 Å². The van der Waals surface area contributed by atoms with Gasteiger partial charge in [-0.2, -0.15) is 0 Å². The highest BCUT2D eigenvalue weighted by molar-refractivity contribution is 5.96. The molecule has 2 atom stereocenters. The molecule has 1 aliphatic heterocycles. The number of benzene rings is 3. The first-order valence-electron chi connectivity index (χ1n) is 12.3. The van der Waals surface area contributed by atoms with Gasteiger partial charge in [0.15, 0.2) is 0 Å². The van der Waals surface area contributed by atoms with Crippen LogP contribution in [0.4, 0.5) is 4.79 Å². The Labute approximate surface area is 220 Å². The van der Waals surface area contributed by atoms with Crippen LogP contribution in [-0.4, -0.2) is 64.0 Å². The van der Waals surface area contributed by atoms with E-state index in [0.29, 0.717) is 0 Å². The quantitative estimate of drug-likeness (QED) is 0.453. The third kappa shape index (κ3) is 6.97. The minimum Gasteiger partial charge on any atom is -0.480 e. The molecule has 9 heteroatoms. The third-order valence-electron chi connectivity index (χ3n) is 6.26. The van der Waals surface area contributed by atoms with Crippen LogP contribution in [-0.2, 0) is 38.7 Å². The minimum absolute atomic E-state index is 0.00425. The molecular formula is C29H29N3O6. The SMILES string of the molecule is O=C(O)CN1C(=O)[C@@H](NC(=O)OCc2ccccc2)CN(Cc2ccccc2)C(=O)[C@@H]1Cc1ccccc1. The van der Waals surface area contributed by atoms with Crippen LogP contribution in [0.1, 0.15) is 16.7 Å². The second kappa shape index (κ2) is 12.5. The molecule has 0 aliphatic carbocycles. The van der Waals surface area contributed by atoms with Gasteiger partial charge in [-0.3, -0.25) is 14.4 Å². The molecule has 0 spiro atoms. The number of ether oxygens (including phenoxy) is 1. The molecule has 1 fully saturated rings. The minimum atomic E-state index is -1.26. The predicted octanol–water partition coefficient (Wildman–Crippen LogP) is 2.85. The van der Waals surface area contributed by atoms with Gasteiger partial charge in [-0.15, -0.1) is 0 Å². The van der Waals surface area contributed by atoms with Crippen molar-refractivity contribution in [3.8, 4) is 0 Å². The molecule has 2 N–H and O–H groups in total. The molecule has 4 rings (SSSR count). The van der Waals surface area contributed by atoms with E-state index < -0.39 is 42.5 Å². The smallest absolute Gasteiger partial charge is 0.408 e. The van der Waals surface area contributed by atoms with E-state index in [1.165, 1.54) is 4.90 Å². The Hall–Kier alpha value is -4.66. The van der Waals surface area contributed by atoms with Gasteiger partial charge < -0.3 is 25.0 Å². The fourth-order valence-electron chi connectivity index (χ4n) is 4.42. The van der Waals surface area contributed by atoms with Crippen molar-refractivity contribution in [2.24, 2.45) is 0 Å². The molecule has 0 radical (unpaired) electrons. The summed E-state index contributed by atoms with van der Waals surface area (Å²) in [5, 5.41) is 12.2. The lowest BCUT2D eigenvalue weighted by Gasteiger charge is -2.30. The van der Waals surface area contributed by atoms with E-state index in [0.717, 1.165) is 21.6 Å². The van der Waals surface area contributed by atoms with E-state index in [-0.39, 0.29) is 26.1 Å². The number of carboxylic acid groups (broad SMARTS) is 1. The second-order valence-corrected chi connectivity index (χ2v) is 9.03. The monoisotopic (exact) mass is 515 g/mol. The zero-order chi connectivity index (χ0) is 26.9. The highest BCUT2D eigenvalue weighted by Gasteiger charge is 2.42. The zero-order valence-corrected chi connectivity index (χ0v) is 20.7. The lowest BCUT2D eigenvalue weighted by Crippen LogP contribution is -2.54. The molecular weight excluding hydrogens is 486 g/mol. The molecule has 38 heavy (non-hydrogen) atoms. The normalized spacial score (nSPS) is 17.6. The summed E-state index contributed by atoms with van der Waals surface area (Å²) < 4.78 is 5.30. The Bertz CT molecular complexity index is 1250. The number of carbonyl (C=O) groups excluding carboxylic acids is 3. The Morgan fingerprint density at radius 3 is 1.95 bits per heavy atom. The number of carboxylic acids is 1. The van der Waals surface area contributed by atoms with Crippen LogP contribution in [0.3, 0.4) is 0 Å². The molecule has 3 aromatic carbocycles. The van der Waals surface area contributed by atoms with Crippen LogP contribution in [0.2, 0.25) is 0 Å². The Balaban J connectivity index is 1.61. The molecule has 3 amide bonds. The van der Waals surface area contributed by atoms with Crippen molar-refractivity contribution in [1.82, 2.24) is 15.1 Å². The highest BCUT2D eigenvalue weighted by atomic mass is 16.5. The van der Waals surface area contributed by atoms with E-state index in [2.05, 4.69) is 5.32 Å². The van der Waals surface area contributed by atoms with E-state index in [1.54, 1.807) is 12.1 Å².